The summed E-state index contributed by atoms with van der Waals surface area (Å²) in [6.07, 6.45) is 6.53. The van der Waals surface area contributed by atoms with Gasteiger partial charge in [0.05, 0.1) is 6.20 Å². The van der Waals surface area contributed by atoms with E-state index in [0.29, 0.717) is 12.0 Å². The number of hydrogen-bond donors (Lipinski definition) is 0. The summed E-state index contributed by atoms with van der Waals surface area (Å²) in [5.74, 6) is 2.14. The second-order valence-corrected chi connectivity index (χ2v) is 7.11. The van der Waals surface area contributed by atoms with Gasteiger partial charge in [-0.2, -0.15) is 0 Å². The topological polar surface area (TPSA) is 38.5 Å². The number of ether oxygens (including phenoxy) is 1. The standard InChI is InChI=1S/C20H26N2O2/c1-15-3-2-10-22(15)14-16-4-6-17(7-5-16)19-13-21-20(24-19)18-8-11-23-12-9-18/h4-7,13,15,18H,2-3,8-12,14H2,1H3. The van der Waals surface area contributed by atoms with Gasteiger partial charge in [0, 0.05) is 37.3 Å². The first-order valence-corrected chi connectivity index (χ1v) is 9.16. The highest BCUT2D eigenvalue weighted by Crippen LogP contribution is 2.30. The van der Waals surface area contributed by atoms with Gasteiger partial charge in [-0.05, 0) is 44.7 Å². The number of aromatic nitrogens is 1. The second-order valence-electron chi connectivity index (χ2n) is 7.11. The Morgan fingerprint density at radius 1 is 1.12 bits per heavy atom. The molecule has 4 rings (SSSR count). The van der Waals surface area contributed by atoms with E-state index < -0.39 is 0 Å². The van der Waals surface area contributed by atoms with E-state index in [9.17, 15) is 0 Å². The molecular formula is C20H26N2O2. The highest BCUT2D eigenvalue weighted by atomic mass is 16.5. The molecule has 4 heteroatoms. The summed E-state index contributed by atoms with van der Waals surface area (Å²) < 4.78 is 11.4. The average Bonchev–Trinajstić information content (AvgIpc) is 3.26. The van der Waals surface area contributed by atoms with Gasteiger partial charge in [0.25, 0.3) is 0 Å². The Morgan fingerprint density at radius 2 is 1.92 bits per heavy atom. The third-order valence-electron chi connectivity index (χ3n) is 5.41. The molecule has 0 aliphatic carbocycles. The Kier molecular flexibility index (Phi) is 4.67. The minimum atomic E-state index is 0.406. The normalized spacial score (nSPS) is 23.0. The van der Waals surface area contributed by atoms with E-state index in [1.54, 1.807) is 0 Å². The Morgan fingerprint density at radius 3 is 2.62 bits per heavy atom. The maximum absolute atomic E-state index is 6.02. The minimum absolute atomic E-state index is 0.406. The van der Waals surface area contributed by atoms with Gasteiger partial charge in [-0.15, -0.1) is 0 Å². The molecule has 1 aromatic carbocycles. The fourth-order valence-electron chi connectivity index (χ4n) is 3.79. The number of oxazole rings is 1. The largest absolute Gasteiger partial charge is 0.440 e. The summed E-state index contributed by atoms with van der Waals surface area (Å²) in [5.41, 5.74) is 2.48. The van der Waals surface area contributed by atoms with Crippen molar-refractivity contribution in [3.05, 3.63) is 41.9 Å². The lowest BCUT2D eigenvalue weighted by atomic mass is 10.0. The van der Waals surface area contributed by atoms with Crippen LogP contribution in [0.1, 0.15) is 50.0 Å². The zero-order valence-electron chi connectivity index (χ0n) is 14.4. The van der Waals surface area contributed by atoms with Gasteiger partial charge < -0.3 is 9.15 Å². The van der Waals surface area contributed by atoms with Crippen molar-refractivity contribution < 1.29 is 9.15 Å². The molecule has 2 aromatic rings. The molecule has 0 bridgehead atoms. The molecule has 0 amide bonds. The molecule has 0 N–H and O–H groups in total. The van der Waals surface area contributed by atoms with Crippen molar-refractivity contribution in [1.82, 2.24) is 9.88 Å². The van der Waals surface area contributed by atoms with Crippen molar-refractivity contribution in [1.29, 1.82) is 0 Å². The van der Waals surface area contributed by atoms with Gasteiger partial charge in [0.1, 0.15) is 0 Å². The second kappa shape index (κ2) is 7.08. The van der Waals surface area contributed by atoms with E-state index in [1.807, 2.05) is 6.20 Å². The summed E-state index contributed by atoms with van der Waals surface area (Å²) >= 11 is 0. The molecule has 128 valence electrons. The van der Waals surface area contributed by atoms with Gasteiger partial charge >= 0.3 is 0 Å². The van der Waals surface area contributed by atoms with Crippen LogP contribution < -0.4 is 0 Å². The quantitative estimate of drug-likeness (QED) is 0.843. The van der Waals surface area contributed by atoms with Crippen LogP contribution in [0.3, 0.4) is 0 Å². The summed E-state index contributed by atoms with van der Waals surface area (Å²) in [5, 5.41) is 0. The lowest BCUT2D eigenvalue weighted by molar-refractivity contribution is 0.0796. The Bertz CT molecular complexity index is 659. The van der Waals surface area contributed by atoms with Crippen LogP contribution in [0.4, 0.5) is 0 Å². The molecule has 1 atom stereocenters. The lowest BCUT2D eigenvalue weighted by Crippen LogP contribution is -2.26. The van der Waals surface area contributed by atoms with Crippen molar-refractivity contribution in [3.8, 4) is 11.3 Å². The molecule has 4 nitrogen and oxygen atoms in total. The van der Waals surface area contributed by atoms with Crippen LogP contribution in [0.15, 0.2) is 34.9 Å². The van der Waals surface area contributed by atoms with Gasteiger partial charge in [-0.1, -0.05) is 24.3 Å². The molecule has 1 aromatic heterocycles. The number of nitrogens with zero attached hydrogens (tertiary/aromatic N) is 2. The molecule has 2 saturated heterocycles. The van der Waals surface area contributed by atoms with Crippen molar-refractivity contribution in [2.75, 3.05) is 19.8 Å². The molecule has 24 heavy (non-hydrogen) atoms. The zero-order chi connectivity index (χ0) is 16.4. The maximum Gasteiger partial charge on any atom is 0.198 e. The number of hydrogen-bond acceptors (Lipinski definition) is 4. The van der Waals surface area contributed by atoms with E-state index in [0.717, 1.165) is 49.8 Å². The molecular weight excluding hydrogens is 300 g/mol. The average molecular weight is 326 g/mol. The van der Waals surface area contributed by atoms with Crippen LogP contribution in [0, 0.1) is 0 Å². The SMILES string of the molecule is CC1CCCN1Cc1ccc(-c2cnc(C3CCOCC3)o2)cc1. The Hall–Kier alpha value is -1.65. The van der Waals surface area contributed by atoms with Crippen LogP contribution >= 0.6 is 0 Å². The Balaban J connectivity index is 1.43. The predicted octanol–water partition coefficient (Wildman–Crippen LogP) is 4.22. The third kappa shape index (κ3) is 3.40. The summed E-state index contributed by atoms with van der Waals surface area (Å²) in [6, 6.07) is 9.46. The molecule has 2 aliphatic rings. The van der Waals surface area contributed by atoms with Gasteiger partial charge in [0.2, 0.25) is 0 Å². The molecule has 0 radical (unpaired) electrons. The van der Waals surface area contributed by atoms with Crippen molar-refractivity contribution in [2.24, 2.45) is 0 Å². The van der Waals surface area contributed by atoms with E-state index in [2.05, 4.69) is 41.1 Å². The van der Waals surface area contributed by atoms with Gasteiger partial charge in [-0.3, -0.25) is 4.90 Å². The zero-order valence-corrected chi connectivity index (χ0v) is 14.4. The maximum atomic E-state index is 6.02. The smallest absolute Gasteiger partial charge is 0.198 e. The van der Waals surface area contributed by atoms with E-state index in [4.69, 9.17) is 9.15 Å². The first kappa shape index (κ1) is 15.9. The summed E-state index contributed by atoms with van der Waals surface area (Å²) in [4.78, 5) is 7.06. The van der Waals surface area contributed by atoms with Crippen molar-refractivity contribution in [3.63, 3.8) is 0 Å². The lowest BCUT2D eigenvalue weighted by Gasteiger charge is -2.20. The monoisotopic (exact) mass is 326 g/mol. The van der Waals surface area contributed by atoms with Crippen molar-refractivity contribution >= 4 is 0 Å². The first-order valence-electron chi connectivity index (χ1n) is 9.16. The number of likely N-dealkylation sites (tertiary alicyclic amines) is 1. The molecule has 1 unspecified atom stereocenters. The molecule has 2 fully saturated rings. The van der Waals surface area contributed by atoms with Crippen LogP contribution in [0.5, 0.6) is 0 Å². The van der Waals surface area contributed by atoms with Crippen LogP contribution in [0.25, 0.3) is 11.3 Å². The molecule has 2 aliphatic heterocycles. The van der Waals surface area contributed by atoms with E-state index in [1.165, 1.54) is 24.9 Å². The first-order chi connectivity index (χ1) is 11.8. The third-order valence-corrected chi connectivity index (χ3v) is 5.41. The molecule has 0 saturated carbocycles. The van der Waals surface area contributed by atoms with E-state index >= 15 is 0 Å². The van der Waals surface area contributed by atoms with E-state index in [-0.39, 0.29) is 0 Å². The summed E-state index contributed by atoms with van der Waals surface area (Å²) in [7, 11) is 0. The summed E-state index contributed by atoms with van der Waals surface area (Å²) in [6.45, 7) is 6.22. The van der Waals surface area contributed by atoms with Crippen LogP contribution in [-0.4, -0.2) is 35.7 Å². The van der Waals surface area contributed by atoms with Gasteiger partial charge in [0.15, 0.2) is 11.7 Å². The fraction of sp³-hybridized carbons (Fsp3) is 0.550. The Labute approximate surface area is 143 Å². The molecule has 3 heterocycles. The predicted molar refractivity (Wildman–Crippen MR) is 93.8 cm³/mol. The number of benzene rings is 1. The van der Waals surface area contributed by atoms with Gasteiger partial charge in [-0.25, -0.2) is 4.98 Å². The number of rotatable bonds is 4. The van der Waals surface area contributed by atoms with Crippen LogP contribution in [0.2, 0.25) is 0 Å². The van der Waals surface area contributed by atoms with Crippen molar-refractivity contribution in [2.45, 2.75) is 51.1 Å². The fourth-order valence-corrected chi connectivity index (χ4v) is 3.79. The highest BCUT2D eigenvalue weighted by Gasteiger charge is 2.22. The minimum Gasteiger partial charge on any atom is -0.440 e. The van der Waals surface area contributed by atoms with Crippen LogP contribution in [-0.2, 0) is 11.3 Å². The molecule has 0 spiro atoms. The highest BCUT2D eigenvalue weighted by molar-refractivity contribution is 5.56.